The molecule has 17 heavy (non-hydrogen) atoms. The average molecular weight is 269 g/mol. The molecule has 1 radical (unpaired) electrons. The summed E-state index contributed by atoms with van der Waals surface area (Å²) in [7, 11) is -4.96. The fourth-order valence-electron chi connectivity index (χ4n) is 2.03. The lowest BCUT2D eigenvalue weighted by Crippen LogP contribution is -2.31. The molecule has 0 bridgehead atoms. The van der Waals surface area contributed by atoms with Crippen LogP contribution in [0.4, 0.5) is 0 Å². The predicted octanol–water partition coefficient (Wildman–Crippen LogP) is 1.93. The van der Waals surface area contributed by atoms with Crippen LogP contribution in [0.15, 0.2) is 29.7 Å². The van der Waals surface area contributed by atoms with Gasteiger partial charge in [0.15, 0.2) is 0 Å². The molecule has 1 aromatic rings. The molecule has 0 aliphatic rings. The molecule has 0 atom stereocenters. The van der Waals surface area contributed by atoms with Gasteiger partial charge in [-0.05, 0) is 25.0 Å². The third kappa shape index (κ3) is 3.05. The molecule has 0 heterocycles. The van der Waals surface area contributed by atoms with Crippen molar-refractivity contribution in [1.82, 2.24) is 0 Å². The van der Waals surface area contributed by atoms with Gasteiger partial charge in [-0.25, -0.2) is 0 Å². The molecule has 0 aliphatic heterocycles. The van der Waals surface area contributed by atoms with Gasteiger partial charge in [0.2, 0.25) is 0 Å². The van der Waals surface area contributed by atoms with Gasteiger partial charge in [-0.1, -0.05) is 36.0 Å². The zero-order valence-corrected chi connectivity index (χ0v) is 12.1. The van der Waals surface area contributed by atoms with E-state index in [1.54, 1.807) is 12.1 Å². The van der Waals surface area contributed by atoms with E-state index in [0.29, 0.717) is 12.0 Å². The molecule has 0 aromatic heterocycles. The summed E-state index contributed by atoms with van der Waals surface area (Å²) in [5, 5.41) is 1.07. The van der Waals surface area contributed by atoms with Gasteiger partial charge in [-0.15, -0.1) is 6.58 Å². The van der Waals surface area contributed by atoms with E-state index in [2.05, 4.69) is 19.7 Å². The van der Waals surface area contributed by atoms with Crippen LogP contribution >= 0.6 is 0 Å². The minimum atomic E-state index is -4.16. The van der Waals surface area contributed by atoms with Crippen LogP contribution < -0.4 is 5.19 Å². The predicted molar refractivity (Wildman–Crippen MR) is 72.0 cm³/mol. The van der Waals surface area contributed by atoms with Crippen molar-refractivity contribution in [2.75, 3.05) is 0 Å². The minimum absolute atomic E-state index is 0.0178. The third-order valence-electron chi connectivity index (χ3n) is 2.60. The van der Waals surface area contributed by atoms with Crippen LogP contribution in [0.25, 0.3) is 0 Å². The molecule has 0 fully saturated rings. The molecular weight excluding hydrogens is 252 g/mol. The van der Waals surface area contributed by atoms with E-state index in [4.69, 9.17) is 0 Å². The Balaban J connectivity index is 3.64. The number of aryl methyl sites for hydroxylation is 1. The van der Waals surface area contributed by atoms with Crippen molar-refractivity contribution in [2.24, 2.45) is 0 Å². The molecule has 0 saturated carbocycles. The number of benzene rings is 1. The molecule has 93 valence electrons. The monoisotopic (exact) mass is 269 g/mol. The van der Waals surface area contributed by atoms with Crippen LogP contribution in [-0.4, -0.2) is 21.8 Å². The van der Waals surface area contributed by atoms with Gasteiger partial charge in [0.25, 0.3) is 10.1 Å². The summed E-state index contributed by atoms with van der Waals surface area (Å²) in [6.45, 7) is 9.82. The highest BCUT2D eigenvalue weighted by Crippen LogP contribution is 2.17. The molecule has 0 amide bonds. The van der Waals surface area contributed by atoms with Crippen LogP contribution in [0.3, 0.4) is 0 Å². The molecule has 1 rings (SSSR count). The Morgan fingerprint density at radius 3 is 2.41 bits per heavy atom. The summed E-state index contributed by atoms with van der Waals surface area (Å²) >= 11 is 0. The molecular formula is C12H17O3SSi. The number of allylic oxidation sites excluding steroid dienone is 1. The van der Waals surface area contributed by atoms with Gasteiger partial charge in [-0.2, -0.15) is 8.42 Å². The van der Waals surface area contributed by atoms with Crippen molar-refractivity contribution in [3.8, 4) is 0 Å². The van der Waals surface area contributed by atoms with Crippen molar-refractivity contribution < 1.29 is 13.0 Å². The van der Waals surface area contributed by atoms with E-state index in [9.17, 15) is 13.0 Å². The third-order valence-corrected chi connectivity index (χ3v) is 5.24. The maximum absolute atomic E-state index is 11.3. The Bertz CT molecular complexity index is 533. The van der Waals surface area contributed by atoms with Crippen molar-refractivity contribution >= 4 is 24.1 Å². The average Bonchev–Trinajstić information content (AvgIpc) is 2.15. The van der Waals surface area contributed by atoms with Gasteiger partial charge in [0.05, 0.1) is 13.7 Å². The topological polar surface area (TPSA) is 54.4 Å². The Labute approximate surface area is 105 Å². The maximum atomic E-state index is 11.3. The summed E-state index contributed by atoms with van der Waals surface area (Å²) < 4.78 is 31.9. The highest BCUT2D eigenvalue weighted by molar-refractivity contribution is 7.85. The summed E-state index contributed by atoms with van der Waals surface area (Å²) in [6, 6.07) is 3.22. The normalized spacial score (nSPS) is 11.8. The highest BCUT2D eigenvalue weighted by Gasteiger charge is 2.20. The number of hydrogen-bond donors (Lipinski definition) is 1. The second kappa shape index (κ2) is 5.16. The number of hydrogen-bond acceptors (Lipinski definition) is 2. The molecule has 0 aliphatic carbocycles. The first-order valence-corrected chi connectivity index (χ1v) is 9.24. The van der Waals surface area contributed by atoms with Crippen molar-refractivity contribution in [3.63, 3.8) is 0 Å². The SMILES string of the molecule is C=CCc1c(S(=O)(=O)O)ccc(C)c1[Si](C)C. The largest absolute Gasteiger partial charge is 0.294 e. The Kier molecular flexibility index (Phi) is 4.29. The van der Waals surface area contributed by atoms with E-state index < -0.39 is 18.9 Å². The second-order valence-corrected chi connectivity index (χ2v) is 8.09. The lowest BCUT2D eigenvalue weighted by Gasteiger charge is -2.17. The van der Waals surface area contributed by atoms with E-state index in [0.717, 1.165) is 10.8 Å². The first-order chi connectivity index (χ1) is 7.79. The zero-order valence-electron chi connectivity index (χ0n) is 10.3. The van der Waals surface area contributed by atoms with Crippen molar-refractivity contribution in [2.45, 2.75) is 31.3 Å². The molecule has 1 aromatic carbocycles. The van der Waals surface area contributed by atoms with Crippen LogP contribution in [-0.2, 0) is 16.5 Å². The van der Waals surface area contributed by atoms with Crippen LogP contribution in [0.1, 0.15) is 11.1 Å². The lowest BCUT2D eigenvalue weighted by molar-refractivity contribution is 0.482. The minimum Gasteiger partial charge on any atom is -0.282 e. The van der Waals surface area contributed by atoms with E-state index >= 15 is 0 Å². The first-order valence-electron chi connectivity index (χ1n) is 5.30. The van der Waals surface area contributed by atoms with Gasteiger partial charge in [-0.3, -0.25) is 4.55 Å². The fraction of sp³-hybridized carbons (Fsp3) is 0.333. The quantitative estimate of drug-likeness (QED) is 0.516. The molecule has 3 nitrogen and oxygen atoms in total. The standard InChI is InChI=1S/C12H17O3SSi/c1-5-6-10-11(16(13,14)15)8-7-9(2)12(10)17(3)4/h5,7-8H,1,6H2,2-4H3,(H,13,14,15). The molecule has 1 N–H and O–H groups in total. The fourth-order valence-corrected chi connectivity index (χ4v) is 4.57. The maximum Gasteiger partial charge on any atom is 0.294 e. The van der Waals surface area contributed by atoms with Crippen LogP contribution in [0.2, 0.25) is 13.1 Å². The molecule has 0 unspecified atom stereocenters. The Hall–Kier alpha value is -0.913. The summed E-state index contributed by atoms with van der Waals surface area (Å²) in [5.74, 6) is 0. The lowest BCUT2D eigenvalue weighted by atomic mass is 10.1. The Morgan fingerprint density at radius 2 is 2.00 bits per heavy atom. The van der Waals surface area contributed by atoms with E-state index in [1.165, 1.54) is 6.07 Å². The van der Waals surface area contributed by atoms with Gasteiger partial charge in [0, 0.05) is 0 Å². The van der Waals surface area contributed by atoms with Crippen molar-refractivity contribution in [1.29, 1.82) is 0 Å². The Morgan fingerprint density at radius 1 is 1.41 bits per heavy atom. The van der Waals surface area contributed by atoms with Gasteiger partial charge in [0.1, 0.15) is 0 Å². The second-order valence-electron chi connectivity index (χ2n) is 4.20. The van der Waals surface area contributed by atoms with Crippen molar-refractivity contribution in [3.05, 3.63) is 35.9 Å². The molecule has 0 spiro atoms. The summed E-state index contributed by atoms with van der Waals surface area (Å²) in [4.78, 5) is 0.0178. The van der Waals surface area contributed by atoms with Gasteiger partial charge >= 0.3 is 0 Å². The molecule has 5 heteroatoms. The van der Waals surface area contributed by atoms with Crippen LogP contribution in [0, 0.1) is 6.92 Å². The highest BCUT2D eigenvalue weighted by atomic mass is 32.2. The van der Waals surface area contributed by atoms with E-state index in [-0.39, 0.29) is 4.90 Å². The smallest absolute Gasteiger partial charge is 0.282 e. The zero-order chi connectivity index (χ0) is 13.2. The van der Waals surface area contributed by atoms with Crippen LogP contribution in [0.5, 0.6) is 0 Å². The summed E-state index contributed by atoms with van der Waals surface area (Å²) in [6.07, 6.45) is 2.12. The summed E-state index contributed by atoms with van der Waals surface area (Å²) in [5.41, 5.74) is 1.77. The van der Waals surface area contributed by atoms with Gasteiger partial charge < -0.3 is 0 Å². The molecule has 0 saturated heterocycles. The first kappa shape index (κ1) is 14.1. The van der Waals surface area contributed by atoms with E-state index in [1.807, 2.05) is 6.92 Å². The number of rotatable bonds is 4.